The van der Waals surface area contributed by atoms with Gasteiger partial charge in [0.05, 0.1) is 0 Å². The third-order valence-corrected chi connectivity index (χ3v) is 2.92. The quantitative estimate of drug-likeness (QED) is 0.868. The molecule has 1 heterocycles. The summed E-state index contributed by atoms with van der Waals surface area (Å²) in [4.78, 5) is 16.0. The van der Waals surface area contributed by atoms with Crippen molar-refractivity contribution in [3.05, 3.63) is 52.8 Å². The van der Waals surface area contributed by atoms with E-state index in [1.54, 1.807) is 6.07 Å². The third kappa shape index (κ3) is 2.73. The fourth-order valence-electron chi connectivity index (χ4n) is 2.12. The highest BCUT2D eigenvalue weighted by molar-refractivity contribution is 6.05. The summed E-state index contributed by atoms with van der Waals surface area (Å²) in [6.07, 6.45) is 1.48. The Bertz CT molecular complexity index is 613. The Morgan fingerprint density at radius 1 is 1.21 bits per heavy atom. The van der Waals surface area contributed by atoms with Crippen molar-refractivity contribution < 1.29 is 9.90 Å². The van der Waals surface area contributed by atoms with Crippen LogP contribution in [0.1, 0.15) is 27.2 Å². The lowest BCUT2D eigenvalue weighted by Crippen LogP contribution is -2.15. The second-order valence-corrected chi connectivity index (χ2v) is 4.60. The zero-order chi connectivity index (χ0) is 14.0. The number of nitrogens with one attached hydrogen (secondary N) is 1. The second-order valence-electron chi connectivity index (χ2n) is 4.60. The Labute approximate surface area is 112 Å². The van der Waals surface area contributed by atoms with Gasteiger partial charge < -0.3 is 10.4 Å². The molecule has 0 bridgehead atoms. The van der Waals surface area contributed by atoms with Crippen LogP contribution in [0.4, 0.5) is 5.69 Å². The molecule has 19 heavy (non-hydrogen) atoms. The Morgan fingerprint density at radius 3 is 2.42 bits per heavy atom. The molecule has 1 aromatic heterocycles. The minimum Gasteiger partial charge on any atom is -0.505 e. The molecule has 2 aromatic rings. The summed E-state index contributed by atoms with van der Waals surface area (Å²) in [6, 6.07) is 7.02. The van der Waals surface area contributed by atoms with E-state index in [2.05, 4.69) is 10.3 Å². The van der Waals surface area contributed by atoms with Crippen LogP contribution in [-0.4, -0.2) is 16.0 Å². The van der Waals surface area contributed by atoms with Gasteiger partial charge in [0, 0.05) is 11.9 Å². The van der Waals surface area contributed by atoms with Crippen molar-refractivity contribution in [1.82, 2.24) is 4.98 Å². The molecule has 0 aliphatic heterocycles. The Kier molecular flexibility index (Phi) is 3.51. The molecule has 0 aliphatic rings. The highest BCUT2D eigenvalue weighted by Crippen LogP contribution is 2.23. The summed E-state index contributed by atoms with van der Waals surface area (Å²) in [6.45, 7) is 5.89. The smallest absolute Gasteiger partial charge is 0.278 e. The van der Waals surface area contributed by atoms with E-state index < -0.39 is 5.91 Å². The van der Waals surface area contributed by atoms with Gasteiger partial charge >= 0.3 is 0 Å². The van der Waals surface area contributed by atoms with Crippen molar-refractivity contribution in [2.45, 2.75) is 20.8 Å². The largest absolute Gasteiger partial charge is 0.505 e. The van der Waals surface area contributed by atoms with Crippen molar-refractivity contribution >= 4 is 11.6 Å². The molecular formula is C15H16N2O2. The van der Waals surface area contributed by atoms with E-state index in [-0.39, 0.29) is 11.4 Å². The molecule has 1 aromatic carbocycles. The number of hydrogen-bond donors (Lipinski definition) is 2. The maximum atomic E-state index is 12.1. The van der Waals surface area contributed by atoms with Gasteiger partial charge in [-0.15, -0.1) is 0 Å². The first kappa shape index (κ1) is 13.1. The zero-order valence-corrected chi connectivity index (χ0v) is 11.2. The first-order valence-corrected chi connectivity index (χ1v) is 6.02. The number of rotatable bonds is 2. The highest BCUT2D eigenvalue weighted by Gasteiger charge is 2.14. The number of pyridine rings is 1. The first-order valence-electron chi connectivity index (χ1n) is 6.02. The number of aromatic hydroxyl groups is 1. The fourth-order valence-corrected chi connectivity index (χ4v) is 2.12. The number of carbonyl (C=O) groups is 1. The molecule has 0 spiro atoms. The SMILES string of the molecule is Cc1cc(C)c(NC(=O)c2ncccc2O)c(C)c1. The first-order chi connectivity index (χ1) is 8.99. The van der Waals surface area contributed by atoms with E-state index in [1.807, 2.05) is 32.9 Å². The molecule has 0 fully saturated rings. The van der Waals surface area contributed by atoms with Crippen LogP contribution in [0.5, 0.6) is 5.75 Å². The van der Waals surface area contributed by atoms with Crippen LogP contribution in [0.15, 0.2) is 30.5 Å². The maximum absolute atomic E-state index is 12.1. The van der Waals surface area contributed by atoms with Gasteiger partial charge in [0.2, 0.25) is 0 Å². The van der Waals surface area contributed by atoms with Crippen LogP contribution >= 0.6 is 0 Å². The number of anilines is 1. The number of amides is 1. The molecule has 0 saturated heterocycles. The molecule has 0 radical (unpaired) electrons. The van der Waals surface area contributed by atoms with Gasteiger partial charge in [-0.1, -0.05) is 17.7 Å². The molecule has 1 amide bonds. The molecule has 2 N–H and O–H groups in total. The average molecular weight is 256 g/mol. The molecule has 0 unspecified atom stereocenters. The van der Waals surface area contributed by atoms with E-state index in [0.29, 0.717) is 0 Å². The predicted octanol–water partition coefficient (Wildman–Crippen LogP) is 2.96. The molecular weight excluding hydrogens is 240 g/mol. The number of nitrogens with zero attached hydrogens (tertiary/aromatic N) is 1. The van der Waals surface area contributed by atoms with Crippen LogP contribution in [0.2, 0.25) is 0 Å². The predicted molar refractivity (Wildman–Crippen MR) is 74.5 cm³/mol. The molecule has 0 saturated carbocycles. The molecule has 2 rings (SSSR count). The van der Waals surface area contributed by atoms with Gasteiger partial charge in [0.15, 0.2) is 5.69 Å². The van der Waals surface area contributed by atoms with Gasteiger partial charge in [-0.25, -0.2) is 4.98 Å². The number of hydrogen-bond acceptors (Lipinski definition) is 3. The number of benzene rings is 1. The number of carbonyl (C=O) groups excluding carboxylic acids is 1. The topological polar surface area (TPSA) is 62.2 Å². The van der Waals surface area contributed by atoms with Crippen molar-refractivity contribution in [3.63, 3.8) is 0 Å². The maximum Gasteiger partial charge on any atom is 0.278 e. The van der Waals surface area contributed by atoms with Crippen LogP contribution in [0, 0.1) is 20.8 Å². The molecule has 0 aliphatic carbocycles. The molecule has 98 valence electrons. The van der Waals surface area contributed by atoms with Gasteiger partial charge in [0.25, 0.3) is 5.91 Å². The highest BCUT2D eigenvalue weighted by atomic mass is 16.3. The molecule has 4 nitrogen and oxygen atoms in total. The minimum atomic E-state index is -0.409. The van der Waals surface area contributed by atoms with Crippen molar-refractivity contribution in [1.29, 1.82) is 0 Å². The van der Waals surface area contributed by atoms with Gasteiger partial charge in [0.1, 0.15) is 5.75 Å². The summed E-state index contributed by atoms with van der Waals surface area (Å²) in [5.41, 5.74) is 3.92. The van der Waals surface area contributed by atoms with E-state index in [1.165, 1.54) is 12.3 Å². The normalized spacial score (nSPS) is 10.3. The van der Waals surface area contributed by atoms with Crippen molar-refractivity contribution in [2.24, 2.45) is 0 Å². The lowest BCUT2D eigenvalue weighted by atomic mass is 10.0. The minimum absolute atomic E-state index is 0.0295. The number of aryl methyl sites for hydroxylation is 3. The van der Waals surface area contributed by atoms with Gasteiger partial charge in [-0.2, -0.15) is 0 Å². The van der Waals surface area contributed by atoms with E-state index in [4.69, 9.17) is 0 Å². The molecule has 4 heteroatoms. The zero-order valence-electron chi connectivity index (χ0n) is 11.2. The van der Waals surface area contributed by atoms with E-state index in [0.717, 1.165) is 22.4 Å². The van der Waals surface area contributed by atoms with E-state index in [9.17, 15) is 9.90 Å². The van der Waals surface area contributed by atoms with Crippen LogP contribution in [0.25, 0.3) is 0 Å². The van der Waals surface area contributed by atoms with E-state index >= 15 is 0 Å². The third-order valence-electron chi connectivity index (χ3n) is 2.92. The second kappa shape index (κ2) is 5.10. The fraction of sp³-hybridized carbons (Fsp3) is 0.200. The van der Waals surface area contributed by atoms with Crippen LogP contribution < -0.4 is 5.32 Å². The van der Waals surface area contributed by atoms with Gasteiger partial charge in [-0.05, 0) is 44.0 Å². The average Bonchev–Trinajstić information content (AvgIpc) is 2.34. The Balaban J connectivity index is 2.32. The number of aromatic nitrogens is 1. The monoisotopic (exact) mass is 256 g/mol. The summed E-state index contributed by atoms with van der Waals surface area (Å²) in [7, 11) is 0. The lowest BCUT2D eigenvalue weighted by Gasteiger charge is -2.12. The lowest BCUT2D eigenvalue weighted by molar-refractivity contribution is 0.101. The van der Waals surface area contributed by atoms with Crippen molar-refractivity contribution in [3.8, 4) is 5.75 Å². The summed E-state index contributed by atoms with van der Waals surface area (Å²) < 4.78 is 0. The summed E-state index contributed by atoms with van der Waals surface area (Å²) >= 11 is 0. The van der Waals surface area contributed by atoms with Crippen LogP contribution in [-0.2, 0) is 0 Å². The van der Waals surface area contributed by atoms with Crippen molar-refractivity contribution in [2.75, 3.05) is 5.32 Å². The summed E-state index contributed by atoms with van der Waals surface area (Å²) in [5, 5.41) is 12.4. The Morgan fingerprint density at radius 2 is 1.84 bits per heavy atom. The van der Waals surface area contributed by atoms with Crippen LogP contribution in [0.3, 0.4) is 0 Å². The molecule has 0 atom stereocenters. The Hall–Kier alpha value is -2.36. The van der Waals surface area contributed by atoms with Gasteiger partial charge in [-0.3, -0.25) is 4.79 Å². The standard InChI is InChI=1S/C15H16N2O2/c1-9-7-10(2)13(11(3)8-9)17-15(19)14-12(18)5-4-6-16-14/h4-8,18H,1-3H3,(H,17,19). The summed E-state index contributed by atoms with van der Waals surface area (Å²) in [5.74, 6) is -0.532.